The fraction of sp³-hybridized carbons (Fsp3) is 0.778. The summed E-state index contributed by atoms with van der Waals surface area (Å²) in [7, 11) is 4.10. The Bertz CT molecular complexity index is 121. The van der Waals surface area contributed by atoms with Crippen LogP contribution >= 0.6 is 0 Å². The first-order valence-electron chi connectivity index (χ1n) is 4.07. The number of hydrogen-bond donors (Lipinski definition) is 1. The molecule has 0 aromatic rings. The minimum atomic E-state index is 0.580. The van der Waals surface area contributed by atoms with E-state index in [1.54, 1.807) is 0 Å². The summed E-state index contributed by atoms with van der Waals surface area (Å²) in [5.41, 5.74) is 1.22. The lowest BCUT2D eigenvalue weighted by atomic mass is 10.2. The van der Waals surface area contributed by atoms with Gasteiger partial charge in [0.05, 0.1) is 0 Å². The summed E-state index contributed by atoms with van der Waals surface area (Å²) in [6.07, 6.45) is 0. The van der Waals surface area contributed by atoms with Gasteiger partial charge in [0.25, 0.3) is 0 Å². The molecule has 0 bridgehead atoms. The van der Waals surface area contributed by atoms with Gasteiger partial charge in [0, 0.05) is 19.1 Å². The van der Waals surface area contributed by atoms with E-state index in [9.17, 15) is 0 Å². The highest BCUT2D eigenvalue weighted by Gasteiger charge is 2.06. The molecule has 0 rings (SSSR count). The Labute approximate surface area is 70.3 Å². The van der Waals surface area contributed by atoms with Gasteiger partial charge >= 0.3 is 0 Å². The van der Waals surface area contributed by atoms with Crippen LogP contribution in [-0.2, 0) is 0 Å². The lowest BCUT2D eigenvalue weighted by Gasteiger charge is -2.24. The molecule has 0 aliphatic rings. The van der Waals surface area contributed by atoms with Crippen LogP contribution in [0.2, 0.25) is 0 Å². The van der Waals surface area contributed by atoms with Crippen molar-refractivity contribution in [1.82, 2.24) is 10.2 Å². The zero-order valence-corrected chi connectivity index (χ0v) is 8.15. The van der Waals surface area contributed by atoms with Crippen LogP contribution in [0.25, 0.3) is 0 Å². The normalized spacial score (nSPS) is 13.5. The van der Waals surface area contributed by atoms with E-state index in [2.05, 4.69) is 37.7 Å². The number of nitrogens with one attached hydrogen (secondary N) is 1. The van der Waals surface area contributed by atoms with Gasteiger partial charge in [0.1, 0.15) is 0 Å². The molecule has 0 amide bonds. The molecular weight excluding hydrogens is 136 g/mol. The van der Waals surface area contributed by atoms with E-state index in [1.165, 1.54) is 5.57 Å². The predicted molar refractivity (Wildman–Crippen MR) is 50.8 cm³/mol. The number of likely N-dealkylation sites (N-methyl/N-ethyl adjacent to an activating group) is 2. The van der Waals surface area contributed by atoms with Gasteiger partial charge in [-0.05, 0) is 27.9 Å². The summed E-state index contributed by atoms with van der Waals surface area (Å²) in [6, 6.07) is 0.580. The van der Waals surface area contributed by atoms with E-state index >= 15 is 0 Å². The second-order valence-electron chi connectivity index (χ2n) is 3.28. The molecule has 0 saturated heterocycles. The third kappa shape index (κ3) is 4.99. The standard InChI is InChI=1S/C9H20N2/c1-8(2)7-11(5)9(3)6-10-4/h9-10H,1,6-7H2,2-5H3. The van der Waals surface area contributed by atoms with Crippen molar-refractivity contribution < 1.29 is 0 Å². The molecule has 0 radical (unpaired) electrons. The van der Waals surface area contributed by atoms with Crippen LogP contribution in [-0.4, -0.2) is 38.1 Å². The maximum absolute atomic E-state index is 3.88. The van der Waals surface area contributed by atoms with Gasteiger partial charge in [-0.3, -0.25) is 4.90 Å². The molecule has 1 unspecified atom stereocenters. The maximum atomic E-state index is 3.88. The van der Waals surface area contributed by atoms with Gasteiger partial charge in [0.15, 0.2) is 0 Å². The Hall–Kier alpha value is -0.340. The van der Waals surface area contributed by atoms with E-state index in [-0.39, 0.29) is 0 Å². The van der Waals surface area contributed by atoms with Gasteiger partial charge in [-0.15, -0.1) is 0 Å². The molecule has 0 spiro atoms. The monoisotopic (exact) mass is 156 g/mol. The van der Waals surface area contributed by atoms with Crippen molar-refractivity contribution in [2.24, 2.45) is 0 Å². The van der Waals surface area contributed by atoms with Crippen LogP contribution in [0.1, 0.15) is 13.8 Å². The topological polar surface area (TPSA) is 15.3 Å². The molecule has 0 heterocycles. The molecule has 0 fully saturated rings. The van der Waals surface area contributed by atoms with E-state index in [0.29, 0.717) is 6.04 Å². The van der Waals surface area contributed by atoms with Crippen LogP contribution in [0.15, 0.2) is 12.2 Å². The average molecular weight is 156 g/mol. The van der Waals surface area contributed by atoms with Crippen LogP contribution < -0.4 is 5.32 Å². The summed E-state index contributed by atoms with van der Waals surface area (Å²) < 4.78 is 0. The molecule has 66 valence electrons. The Morgan fingerprint density at radius 3 is 2.55 bits per heavy atom. The van der Waals surface area contributed by atoms with E-state index in [1.807, 2.05) is 7.05 Å². The third-order valence-electron chi connectivity index (χ3n) is 1.77. The minimum Gasteiger partial charge on any atom is -0.318 e. The Balaban J connectivity index is 3.63. The lowest BCUT2D eigenvalue weighted by molar-refractivity contribution is 0.274. The smallest absolute Gasteiger partial charge is 0.0192 e. The summed E-state index contributed by atoms with van der Waals surface area (Å²) in [5.74, 6) is 0. The fourth-order valence-electron chi connectivity index (χ4n) is 1.03. The first-order valence-corrected chi connectivity index (χ1v) is 4.07. The summed E-state index contributed by atoms with van der Waals surface area (Å²) in [6.45, 7) is 10.2. The van der Waals surface area contributed by atoms with Crippen molar-refractivity contribution >= 4 is 0 Å². The van der Waals surface area contributed by atoms with Crippen molar-refractivity contribution in [1.29, 1.82) is 0 Å². The zero-order chi connectivity index (χ0) is 8.85. The molecule has 11 heavy (non-hydrogen) atoms. The largest absolute Gasteiger partial charge is 0.318 e. The SMILES string of the molecule is C=C(C)CN(C)C(C)CNC. The third-order valence-corrected chi connectivity index (χ3v) is 1.77. The van der Waals surface area contributed by atoms with Crippen molar-refractivity contribution in [2.45, 2.75) is 19.9 Å². The fourth-order valence-corrected chi connectivity index (χ4v) is 1.03. The van der Waals surface area contributed by atoms with Crippen LogP contribution in [0.5, 0.6) is 0 Å². The van der Waals surface area contributed by atoms with E-state index < -0.39 is 0 Å². The summed E-state index contributed by atoms with van der Waals surface area (Å²) in [5, 5.41) is 3.15. The highest BCUT2D eigenvalue weighted by atomic mass is 15.1. The van der Waals surface area contributed by atoms with Gasteiger partial charge in [0.2, 0.25) is 0 Å². The Morgan fingerprint density at radius 1 is 1.64 bits per heavy atom. The van der Waals surface area contributed by atoms with Crippen molar-refractivity contribution in [3.63, 3.8) is 0 Å². The molecule has 2 nitrogen and oxygen atoms in total. The Kier molecular flexibility index (Phi) is 5.16. The van der Waals surface area contributed by atoms with E-state index in [4.69, 9.17) is 0 Å². The lowest BCUT2D eigenvalue weighted by Crippen LogP contribution is -2.37. The molecule has 1 N–H and O–H groups in total. The van der Waals surface area contributed by atoms with Crippen molar-refractivity contribution in [3.05, 3.63) is 12.2 Å². The second kappa shape index (κ2) is 5.33. The number of hydrogen-bond acceptors (Lipinski definition) is 2. The highest BCUT2D eigenvalue weighted by Crippen LogP contribution is 1.97. The molecule has 0 aliphatic carbocycles. The number of rotatable bonds is 5. The first-order chi connectivity index (χ1) is 5.07. The van der Waals surface area contributed by atoms with Gasteiger partial charge < -0.3 is 5.32 Å². The van der Waals surface area contributed by atoms with Crippen molar-refractivity contribution in [3.8, 4) is 0 Å². The minimum absolute atomic E-state index is 0.580. The van der Waals surface area contributed by atoms with Crippen molar-refractivity contribution in [2.75, 3.05) is 27.2 Å². The summed E-state index contributed by atoms with van der Waals surface area (Å²) >= 11 is 0. The first kappa shape index (κ1) is 10.7. The summed E-state index contributed by atoms with van der Waals surface area (Å²) in [4.78, 5) is 2.29. The molecule has 0 saturated carbocycles. The molecule has 0 aliphatic heterocycles. The Morgan fingerprint density at radius 2 is 2.18 bits per heavy atom. The predicted octanol–water partition coefficient (Wildman–Crippen LogP) is 1.10. The highest BCUT2D eigenvalue weighted by molar-refractivity contribution is 4.92. The van der Waals surface area contributed by atoms with Gasteiger partial charge in [-0.1, -0.05) is 12.2 Å². The molecule has 1 atom stereocenters. The van der Waals surface area contributed by atoms with E-state index in [0.717, 1.165) is 13.1 Å². The van der Waals surface area contributed by atoms with Crippen LogP contribution in [0, 0.1) is 0 Å². The van der Waals surface area contributed by atoms with Gasteiger partial charge in [-0.25, -0.2) is 0 Å². The van der Waals surface area contributed by atoms with Crippen LogP contribution in [0.4, 0.5) is 0 Å². The molecular formula is C9H20N2. The maximum Gasteiger partial charge on any atom is 0.0192 e. The molecule has 0 aromatic heterocycles. The van der Waals surface area contributed by atoms with Gasteiger partial charge in [-0.2, -0.15) is 0 Å². The molecule has 0 aromatic carbocycles. The average Bonchev–Trinajstić information content (AvgIpc) is 1.86. The number of nitrogens with zero attached hydrogens (tertiary/aromatic N) is 1. The quantitative estimate of drug-likeness (QED) is 0.600. The molecule has 2 heteroatoms. The van der Waals surface area contributed by atoms with Crippen LogP contribution in [0.3, 0.4) is 0 Å². The zero-order valence-electron chi connectivity index (χ0n) is 8.15. The second-order valence-corrected chi connectivity index (χ2v) is 3.28.